The van der Waals surface area contributed by atoms with Crippen LogP contribution in [0.4, 0.5) is 15.8 Å². The van der Waals surface area contributed by atoms with Gasteiger partial charge < -0.3 is 10.4 Å². The molecular weight excluding hydrogens is 331 g/mol. The molecule has 112 valence electrons. The molecule has 0 saturated carbocycles. The third kappa shape index (κ3) is 4.72. The first-order valence-corrected chi connectivity index (χ1v) is 7.04. The van der Waals surface area contributed by atoms with Crippen molar-refractivity contribution in [2.75, 3.05) is 18.5 Å². The van der Waals surface area contributed by atoms with Gasteiger partial charge in [-0.3, -0.25) is 10.1 Å². The summed E-state index contributed by atoms with van der Waals surface area (Å²) < 4.78 is 13.6. The molecule has 0 saturated heterocycles. The van der Waals surface area contributed by atoms with Crippen LogP contribution in [0.2, 0.25) is 0 Å². The number of aliphatic hydroxyl groups is 1. The summed E-state index contributed by atoms with van der Waals surface area (Å²) in [6.07, 6.45) is 1.43. The highest BCUT2D eigenvalue weighted by molar-refractivity contribution is 9.10. The van der Waals surface area contributed by atoms with Crippen LogP contribution in [-0.2, 0) is 0 Å². The van der Waals surface area contributed by atoms with Crippen LogP contribution >= 0.6 is 15.9 Å². The summed E-state index contributed by atoms with van der Waals surface area (Å²) in [6, 6.07) is 2.27. The fraction of sp³-hybridized carbons (Fsp3) is 0.538. The van der Waals surface area contributed by atoms with Crippen molar-refractivity contribution in [3.63, 3.8) is 0 Å². The molecule has 0 heterocycles. The molecule has 0 fully saturated rings. The zero-order valence-corrected chi connectivity index (χ0v) is 13.0. The van der Waals surface area contributed by atoms with Crippen LogP contribution < -0.4 is 5.32 Å². The van der Waals surface area contributed by atoms with Crippen molar-refractivity contribution in [3.05, 3.63) is 32.5 Å². The summed E-state index contributed by atoms with van der Waals surface area (Å²) in [7, 11) is 0. The van der Waals surface area contributed by atoms with Gasteiger partial charge in [-0.25, -0.2) is 4.39 Å². The Bertz CT molecular complexity index is 495. The van der Waals surface area contributed by atoms with Crippen LogP contribution in [0.1, 0.15) is 26.7 Å². The number of hydrogen-bond acceptors (Lipinski definition) is 4. The molecule has 0 aliphatic carbocycles. The molecule has 0 aliphatic rings. The standard InChI is InChI=1S/C13H18BrFN2O3/c1-13(2,4-3-5-18)8-16-11-7-10(15)9(14)6-12(11)17(19)20/h6-7,16,18H,3-5,8H2,1-2H3. The topological polar surface area (TPSA) is 75.4 Å². The number of aliphatic hydroxyl groups excluding tert-OH is 1. The molecule has 0 radical (unpaired) electrons. The Morgan fingerprint density at radius 2 is 2.15 bits per heavy atom. The minimum Gasteiger partial charge on any atom is -0.396 e. The SMILES string of the molecule is CC(C)(CCCO)CNc1cc(F)c(Br)cc1[N+](=O)[O-]. The smallest absolute Gasteiger partial charge is 0.293 e. The van der Waals surface area contributed by atoms with Gasteiger partial charge >= 0.3 is 0 Å². The molecule has 20 heavy (non-hydrogen) atoms. The summed E-state index contributed by atoms with van der Waals surface area (Å²) in [5.74, 6) is -0.550. The number of hydrogen-bond donors (Lipinski definition) is 2. The first-order chi connectivity index (χ1) is 9.26. The minimum atomic E-state index is -0.550. The number of rotatable bonds is 7. The van der Waals surface area contributed by atoms with E-state index in [2.05, 4.69) is 21.2 Å². The molecule has 7 heteroatoms. The molecule has 2 N–H and O–H groups in total. The van der Waals surface area contributed by atoms with E-state index in [1.54, 1.807) is 0 Å². The maximum absolute atomic E-state index is 13.5. The molecule has 1 aromatic rings. The fourth-order valence-electron chi connectivity index (χ4n) is 1.81. The predicted molar refractivity (Wildman–Crippen MR) is 79.3 cm³/mol. The lowest BCUT2D eigenvalue weighted by atomic mass is 9.88. The van der Waals surface area contributed by atoms with Gasteiger partial charge in [-0.05, 0) is 34.2 Å². The number of halogens is 2. The highest BCUT2D eigenvalue weighted by atomic mass is 79.9. The Hall–Kier alpha value is -1.21. The van der Waals surface area contributed by atoms with Crippen LogP contribution in [-0.4, -0.2) is 23.2 Å². The van der Waals surface area contributed by atoms with Crippen molar-refractivity contribution in [1.82, 2.24) is 0 Å². The van der Waals surface area contributed by atoms with Gasteiger partial charge in [-0.15, -0.1) is 0 Å². The molecule has 0 aliphatic heterocycles. The average molecular weight is 349 g/mol. The lowest BCUT2D eigenvalue weighted by molar-refractivity contribution is -0.384. The molecular formula is C13H18BrFN2O3. The first-order valence-electron chi connectivity index (χ1n) is 6.25. The second-order valence-electron chi connectivity index (χ2n) is 5.39. The summed E-state index contributed by atoms with van der Waals surface area (Å²) in [4.78, 5) is 10.4. The van der Waals surface area contributed by atoms with E-state index in [1.165, 1.54) is 0 Å². The van der Waals surface area contributed by atoms with Crippen molar-refractivity contribution >= 4 is 27.3 Å². The number of nitrogens with one attached hydrogen (secondary N) is 1. The van der Waals surface area contributed by atoms with Crippen LogP contribution in [0.15, 0.2) is 16.6 Å². The molecule has 0 unspecified atom stereocenters. The van der Waals surface area contributed by atoms with Crippen molar-refractivity contribution in [3.8, 4) is 0 Å². The maximum atomic E-state index is 13.5. The molecule has 0 amide bonds. The van der Waals surface area contributed by atoms with Gasteiger partial charge in [-0.1, -0.05) is 13.8 Å². The van der Waals surface area contributed by atoms with E-state index in [1.807, 2.05) is 13.8 Å². The van der Waals surface area contributed by atoms with E-state index in [4.69, 9.17) is 5.11 Å². The molecule has 0 aromatic heterocycles. The Labute approximate surface area is 125 Å². The summed E-state index contributed by atoms with van der Waals surface area (Å²) in [6.45, 7) is 4.53. The number of nitro groups is 1. The molecule has 5 nitrogen and oxygen atoms in total. The third-order valence-electron chi connectivity index (χ3n) is 3.00. The lowest BCUT2D eigenvalue weighted by Crippen LogP contribution is -2.23. The zero-order chi connectivity index (χ0) is 15.3. The molecule has 1 rings (SSSR count). The van der Waals surface area contributed by atoms with Gasteiger partial charge in [0.05, 0.1) is 9.40 Å². The van der Waals surface area contributed by atoms with E-state index in [-0.39, 0.29) is 27.9 Å². The highest BCUT2D eigenvalue weighted by Gasteiger charge is 2.21. The quantitative estimate of drug-likeness (QED) is 0.581. The summed E-state index contributed by atoms with van der Waals surface area (Å²) in [5, 5.41) is 22.7. The first kappa shape index (κ1) is 16.8. The Balaban J connectivity index is 2.86. The predicted octanol–water partition coefficient (Wildman–Crippen LogP) is 3.71. The van der Waals surface area contributed by atoms with E-state index in [0.717, 1.165) is 18.6 Å². The van der Waals surface area contributed by atoms with Crippen molar-refractivity contribution in [1.29, 1.82) is 0 Å². The molecule has 1 aromatic carbocycles. The van der Waals surface area contributed by atoms with E-state index in [9.17, 15) is 14.5 Å². The van der Waals surface area contributed by atoms with Crippen LogP contribution in [0.25, 0.3) is 0 Å². The van der Waals surface area contributed by atoms with Gasteiger partial charge in [0, 0.05) is 25.3 Å². The van der Waals surface area contributed by atoms with Gasteiger partial charge in [0.25, 0.3) is 5.69 Å². The second kappa shape index (κ2) is 6.99. The number of nitrogens with zero attached hydrogens (tertiary/aromatic N) is 1. The van der Waals surface area contributed by atoms with Crippen LogP contribution in [0, 0.1) is 21.3 Å². The number of anilines is 1. The second-order valence-corrected chi connectivity index (χ2v) is 6.24. The van der Waals surface area contributed by atoms with Gasteiger partial charge in [0.1, 0.15) is 11.5 Å². The van der Waals surface area contributed by atoms with Crippen LogP contribution in [0.5, 0.6) is 0 Å². The third-order valence-corrected chi connectivity index (χ3v) is 3.61. The Morgan fingerprint density at radius 3 is 2.70 bits per heavy atom. The summed E-state index contributed by atoms with van der Waals surface area (Å²) in [5.41, 5.74) is -0.163. The monoisotopic (exact) mass is 348 g/mol. The Morgan fingerprint density at radius 1 is 1.50 bits per heavy atom. The number of nitro benzene ring substituents is 1. The minimum absolute atomic E-state index is 0.0642. The number of benzene rings is 1. The fourth-order valence-corrected chi connectivity index (χ4v) is 2.14. The maximum Gasteiger partial charge on any atom is 0.293 e. The molecule has 0 spiro atoms. The normalized spacial score (nSPS) is 11.4. The summed E-state index contributed by atoms with van der Waals surface area (Å²) >= 11 is 2.94. The zero-order valence-electron chi connectivity index (χ0n) is 11.4. The van der Waals surface area contributed by atoms with E-state index in [0.29, 0.717) is 13.0 Å². The van der Waals surface area contributed by atoms with Crippen LogP contribution in [0.3, 0.4) is 0 Å². The Kier molecular flexibility index (Phi) is 5.88. The van der Waals surface area contributed by atoms with Gasteiger partial charge in [0.2, 0.25) is 0 Å². The molecule has 0 bridgehead atoms. The highest BCUT2D eigenvalue weighted by Crippen LogP contribution is 2.32. The largest absolute Gasteiger partial charge is 0.396 e. The van der Waals surface area contributed by atoms with Gasteiger partial charge in [0.15, 0.2) is 0 Å². The van der Waals surface area contributed by atoms with Crippen molar-refractivity contribution in [2.24, 2.45) is 5.41 Å². The van der Waals surface area contributed by atoms with E-state index >= 15 is 0 Å². The van der Waals surface area contributed by atoms with Crippen molar-refractivity contribution in [2.45, 2.75) is 26.7 Å². The van der Waals surface area contributed by atoms with Gasteiger partial charge in [-0.2, -0.15) is 0 Å². The molecule has 0 atom stereocenters. The lowest BCUT2D eigenvalue weighted by Gasteiger charge is -2.25. The average Bonchev–Trinajstić information content (AvgIpc) is 2.37. The van der Waals surface area contributed by atoms with E-state index < -0.39 is 10.7 Å². The van der Waals surface area contributed by atoms with Crippen molar-refractivity contribution < 1.29 is 14.4 Å².